The second kappa shape index (κ2) is 4.77. The Bertz CT molecular complexity index is 339. The van der Waals surface area contributed by atoms with Gasteiger partial charge in [0.1, 0.15) is 5.75 Å². The number of hydrogen-bond acceptors (Lipinski definition) is 3. The molecule has 0 atom stereocenters. The third-order valence-corrected chi connectivity index (χ3v) is 3.28. The summed E-state index contributed by atoms with van der Waals surface area (Å²) in [5.74, 6) is 5.22. The van der Waals surface area contributed by atoms with Gasteiger partial charge in [0.2, 0.25) is 0 Å². The summed E-state index contributed by atoms with van der Waals surface area (Å²) >= 11 is 3.35. The van der Waals surface area contributed by atoms with Gasteiger partial charge in [-0.3, -0.25) is 0 Å². The lowest BCUT2D eigenvalue weighted by Crippen LogP contribution is -2.04. The summed E-state index contributed by atoms with van der Waals surface area (Å²) in [4.78, 5) is 4.48. The Morgan fingerprint density at radius 2 is 2.14 bits per heavy atom. The summed E-state index contributed by atoms with van der Waals surface area (Å²) in [5, 5.41) is 9.79. The molecule has 14 heavy (non-hydrogen) atoms. The number of phenolic OH excluding ortho intramolecular Hbond substituents is 1. The molecule has 1 rings (SSSR count). The van der Waals surface area contributed by atoms with Crippen molar-refractivity contribution in [3.05, 3.63) is 27.2 Å². The Balaban J connectivity index is 3.06. The van der Waals surface area contributed by atoms with Crippen molar-refractivity contribution in [2.45, 2.75) is 20.3 Å². The molecule has 3 nitrogen and oxygen atoms in total. The molecule has 3 N–H and O–H groups in total. The standard InChI is InChI=1S/C10H14BrNO2/c1-6-5-8(3-4-14-12)10(13)9(11)7(6)2/h5,13H,3-4,12H2,1-2H3. The van der Waals surface area contributed by atoms with Gasteiger partial charge >= 0.3 is 0 Å². The molecule has 0 aromatic heterocycles. The van der Waals surface area contributed by atoms with Gasteiger partial charge in [0.25, 0.3) is 0 Å². The lowest BCUT2D eigenvalue weighted by atomic mass is 10.0. The van der Waals surface area contributed by atoms with E-state index in [-0.39, 0.29) is 5.75 Å². The molecule has 0 saturated carbocycles. The summed E-state index contributed by atoms with van der Waals surface area (Å²) in [7, 11) is 0. The fourth-order valence-electron chi connectivity index (χ4n) is 1.29. The maximum absolute atomic E-state index is 9.79. The van der Waals surface area contributed by atoms with Crippen molar-refractivity contribution in [3.8, 4) is 5.75 Å². The monoisotopic (exact) mass is 259 g/mol. The molecule has 0 aliphatic heterocycles. The zero-order valence-electron chi connectivity index (χ0n) is 8.30. The summed E-state index contributed by atoms with van der Waals surface area (Å²) < 4.78 is 0.754. The molecule has 4 heteroatoms. The Labute approximate surface area is 92.0 Å². The van der Waals surface area contributed by atoms with Crippen molar-refractivity contribution in [2.75, 3.05) is 6.61 Å². The molecule has 0 aliphatic rings. The minimum Gasteiger partial charge on any atom is -0.506 e. The van der Waals surface area contributed by atoms with E-state index in [2.05, 4.69) is 20.8 Å². The van der Waals surface area contributed by atoms with Crippen LogP contribution in [0.3, 0.4) is 0 Å². The first-order chi connectivity index (χ1) is 6.57. The molecule has 1 aromatic rings. The highest BCUT2D eigenvalue weighted by Gasteiger charge is 2.10. The molecule has 78 valence electrons. The molecule has 0 spiro atoms. The van der Waals surface area contributed by atoms with Crippen molar-refractivity contribution in [1.82, 2.24) is 0 Å². The Morgan fingerprint density at radius 1 is 1.50 bits per heavy atom. The lowest BCUT2D eigenvalue weighted by molar-refractivity contribution is 0.140. The van der Waals surface area contributed by atoms with Crippen LogP contribution in [-0.2, 0) is 11.3 Å². The van der Waals surface area contributed by atoms with Gasteiger partial charge in [-0.05, 0) is 46.5 Å². The zero-order valence-corrected chi connectivity index (χ0v) is 9.89. The van der Waals surface area contributed by atoms with E-state index in [0.717, 1.165) is 21.2 Å². The Kier molecular flexibility index (Phi) is 3.92. The van der Waals surface area contributed by atoms with Crippen molar-refractivity contribution in [1.29, 1.82) is 0 Å². The maximum Gasteiger partial charge on any atom is 0.133 e. The van der Waals surface area contributed by atoms with Gasteiger partial charge in [-0.1, -0.05) is 6.07 Å². The Morgan fingerprint density at radius 3 is 2.71 bits per heavy atom. The van der Waals surface area contributed by atoms with Gasteiger partial charge in [-0.25, -0.2) is 5.90 Å². The highest BCUT2D eigenvalue weighted by molar-refractivity contribution is 9.10. The van der Waals surface area contributed by atoms with Gasteiger partial charge in [0.15, 0.2) is 0 Å². The maximum atomic E-state index is 9.79. The number of rotatable bonds is 3. The van der Waals surface area contributed by atoms with Gasteiger partial charge in [0.05, 0.1) is 11.1 Å². The van der Waals surface area contributed by atoms with Crippen LogP contribution >= 0.6 is 15.9 Å². The van der Waals surface area contributed by atoms with Crippen LogP contribution in [-0.4, -0.2) is 11.7 Å². The van der Waals surface area contributed by atoms with E-state index in [1.54, 1.807) is 0 Å². The lowest BCUT2D eigenvalue weighted by Gasteiger charge is -2.10. The van der Waals surface area contributed by atoms with Gasteiger partial charge in [-0.2, -0.15) is 0 Å². The van der Waals surface area contributed by atoms with E-state index < -0.39 is 0 Å². The number of nitrogens with two attached hydrogens (primary N) is 1. The van der Waals surface area contributed by atoms with Crippen molar-refractivity contribution in [3.63, 3.8) is 0 Å². The number of aryl methyl sites for hydroxylation is 1. The highest BCUT2D eigenvalue weighted by atomic mass is 79.9. The van der Waals surface area contributed by atoms with Gasteiger partial charge in [-0.15, -0.1) is 0 Å². The number of hydrogen-bond donors (Lipinski definition) is 2. The van der Waals surface area contributed by atoms with Crippen molar-refractivity contribution >= 4 is 15.9 Å². The van der Waals surface area contributed by atoms with E-state index in [4.69, 9.17) is 5.90 Å². The molecule has 0 amide bonds. The first kappa shape index (κ1) is 11.5. The van der Waals surface area contributed by atoms with Crippen LogP contribution in [0.1, 0.15) is 16.7 Å². The molecule has 0 bridgehead atoms. The predicted octanol–water partition coefficient (Wildman–Crippen LogP) is 2.20. The molecular weight excluding hydrogens is 246 g/mol. The summed E-state index contributed by atoms with van der Waals surface area (Å²) in [6.45, 7) is 4.37. The molecule has 0 aliphatic carbocycles. The van der Waals surface area contributed by atoms with Crippen LogP contribution < -0.4 is 5.90 Å². The van der Waals surface area contributed by atoms with Crippen molar-refractivity contribution in [2.24, 2.45) is 5.90 Å². The van der Waals surface area contributed by atoms with E-state index in [9.17, 15) is 5.11 Å². The first-order valence-corrected chi connectivity index (χ1v) is 5.16. The smallest absolute Gasteiger partial charge is 0.133 e. The number of aromatic hydroxyl groups is 1. The summed E-state index contributed by atoms with van der Waals surface area (Å²) in [5.41, 5.74) is 3.05. The van der Waals surface area contributed by atoms with Crippen LogP contribution in [0, 0.1) is 13.8 Å². The highest BCUT2D eigenvalue weighted by Crippen LogP contribution is 2.33. The number of phenols is 1. The van der Waals surface area contributed by atoms with E-state index in [1.807, 2.05) is 19.9 Å². The third kappa shape index (κ3) is 2.26. The number of halogens is 1. The minimum atomic E-state index is 0.283. The topological polar surface area (TPSA) is 55.5 Å². The Hall–Kier alpha value is -0.580. The van der Waals surface area contributed by atoms with Crippen LogP contribution in [0.2, 0.25) is 0 Å². The van der Waals surface area contributed by atoms with E-state index in [1.165, 1.54) is 0 Å². The summed E-state index contributed by atoms with van der Waals surface area (Å²) in [6, 6.07) is 1.95. The van der Waals surface area contributed by atoms with E-state index in [0.29, 0.717) is 13.0 Å². The second-order valence-electron chi connectivity index (χ2n) is 3.26. The largest absolute Gasteiger partial charge is 0.506 e. The van der Waals surface area contributed by atoms with E-state index >= 15 is 0 Å². The van der Waals surface area contributed by atoms with Crippen LogP contribution in [0.15, 0.2) is 10.5 Å². The average Bonchev–Trinajstić information content (AvgIpc) is 2.18. The second-order valence-corrected chi connectivity index (χ2v) is 4.05. The molecule has 0 radical (unpaired) electrons. The molecular formula is C10H14BrNO2. The van der Waals surface area contributed by atoms with Crippen LogP contribution in [0.5, 0.6) is 5.75 Å². The summed E-state index contributed by atoms with van der Waals surface area (Å²) in [6.07, 6.45) is 0.613. The molecule has 0 unspecified atom stereocenters. The van der Waals surface area contributed by atoms with Gasteiger partial charge < -0.3 is 9.94 Å². The molecule has 0 fully saturated rings. The fourth-order valence-corrected chi connectivity index (χ4v) is 1.86. The van der Waals surface area contributed by atoms with Crippen LogP contribution in [0.4, 0.5) is 0 Å². The zero-order chi connectivity index (χ0) is 10.7. The fraction of sp³-hybridized carbons (Fsp3) is 0.400. The molecule has 0 saturated heterocycles. The van der Waals surface area contributed by atoms with Crippen LogP contribution in [0.25, 0.3) is 0 Å². The average molecular weight is 260 g/mol. The quantitative estimate of drug-likeness (QED) is 0.819. The van der Waals surface area contributed by atoms with Gasteiger partial charge in [0, 0.05) is 6.42 Å². The third-order valence-electron chi connectivity index (χ3n) is 2.31. The van der Waals surface area contributed by atoms with Crippen molar-refractivity contribution < 1.29 is 9.94 Å². The molecule has 1 aromatic carbocycles. The first-order valence-electron chi connectivity index (χ1n) is 4.37. The predicted molar refractivity (Wildman–Crippen MR) is 59.1 cm³/mol. The normalized spacial score (nSPS) is 10.6. The molecule has 0 heterocycles. The SMILES string of the molecule is Cc1cc(CCON)c(O)c(Br)c1C. The minimum absolute atomic E-state index is 0.283. The number of benzene rings is 1.